The van der Waals surface area contributed by atoms with Gasteiger partial charge in [-0.05, 0) is 89.0 Å². The van der Waals surface area contributed by atoms with Crippen molar-refractivity contribution >= 4 is 76.2 Å². The first kappa shape index (κ1) is 143. The molecule has 0 aromatic carbocycles. The van der Waals surface area contributed by atoms with Crippen molar-refractivity contribution in [3.05, 3.63) is 86.1 Å². The molecule has 110 heavy (non-hydrogen) atoms. The fourth-order valence-corrected chi connectivity index (χ4v) is 26.1. The van der Waals surface area contributed by atoms with Gasteiger partial charge in [-0.15, -0.1) is 0 Å². The molecule has 12 fully saturated rings. The summed E-state index contributed by atoms with van der Waals surface area (Å²) < 4.78 is 0. The summed E-state index contributed by atoms with van der Waals surface area (Å²) in [5.74, 6) is 17.6. The van der Waals surface area contributed by atoms with Gasteiger partial charge in [0.1, 0.15) is 0 Å². The Labute approximate surface area is 797 Å². The summed E-state index contributed by atoms with van der Waals surface area (Å²) in [6, 6.07) is 0. The van der Waals surface area contributed by atoms with E-state index in [9.17, 15) is 0 Å². The zero-order valence-electron chi connectivity index (χ0n) is 77.4. The molecule has 0 radical (unpaired) electrons. The van der Waals surface area contributed by atoms with E-state index in [4.69, 9.17) is 68.1 Å². The van der Waals surface area contributed by atoms with E-state index in [1.165, 1.54) is 260 Å². The van der Waals surface area contributed by atoms with Crippen LogP contribution >= 0.6 is 68.1 Å². The minimum absolute atomic E-state index is 0. The number of hydrogen-bond donors (Lipinski definition) is 0. The molecule has 12 saturated carbocycles. The Hall–Kier alpha value is 6.94. The first-order chi connectivity index (χ1) is 47.7. The molecule has 0 saturated heterocycles. The number of rotatable bonds is 15. The van der Waals surface area contributed by atoms with E-state index in [-0.39, 0.29) is 100 Å². The van der Waals surface area contributed by atoms with Gasteiger partial charge in [-0.3, -0.25) is 0 Å². The van der Waals surface area contributed by atoms with Gasteiger partial charge < -0.3 is 86.1 Å². The minimum atomic E-state index is -1.05. The molecule has 0 amide bonds. The molecule has 12 rings (SSSR count). The fraction of sp³-hybridized carbons (Fsp3) is 0.875. The van der Waals surface area contributed by atoms with E-state index in [2.05, 4.69) is 122 Å². The van der Waals surface area contributed by atoms with Gasteiger partial charge in [0.2, 0.25) is 0 Å². The zero-order valence-corrected chi connectivity index (χ0v) is 97.8. The van der Waals surface area contributed by atoms with E-state index in [0.717, 1.165) is 88.8 Å². The Balaban J connectivity index is -0.0000000975. The molecular weight excluding hydrogens is 2010 g/mol. The first-order valence-corrected chi connectivity index (χ1v) is 71.5. The van der Waals surface area contributed by atoms with Crippen molar-refractivity contribution in [3.8, 4) is 0 Å². The molecule has 0 aromatic heterocycles. The van der Waals surface area contributed by atoms with Gasteiger partial charge in [0.05, 0.1) is 8.07 Å². The van der Waals surface area contributed by atoms with Crippen molar-refractivity contribution in [2.75, 3.05) is 0 Å². The van der Waals surface area contributed by atoms with Gasteiger partial charge >= 0.3 is 177 Å². The second-order valence-electron chi connectivity index (χ2n) is 34.8. The SMILES string of the molecule is C.CC1[CH-]C(C)C(C)C1C.CC1[CH-]CCC1.CC1[CH-]CCC1.CCCC1CCCC1.CCCC1CCCC1.CCCCC1CCC(C)C1.CCCCC1CCC(C)C1.CCCCC1CCCC1.C[Si](C)(C1CCC2CCCCC21)C1CCC2CCCCC21.[CH3-].[CH3-].[CH3-].[CH3-].[CH3-].[CH3-].[CH3-].[CH3-].[CH3-].[Cl][Zr+2][Cl].[Cl][Zr+2][Cl].[Cl][Zr+2][Cl].[Cl][Zr+2][Cl].[Hf+4]. The second-order valence-corrected chi connectivity index (χ2v) is 54.9. The molecule has 660 valence electrons. The molecule has 16 atom stereocenters. The molecule has 12 aliphatic rings. The van der Waals surface area contributed by atoms with E-state index in [1.807, 2.05) is 0 Å². The molecule has 12 aliphatic carbocycles. The molecule has 0 spiro atoms. The maximum Gasteiger partial charge on any atom is 4.00 e. The van der Waals surface area contributed by atoms with Crippen LogP contribution in [-0.4, -0.2) is 8.07 Å². The van der Waals surface area contributed by atoms with Gasteiger partial charge in [0.25, 0.3) is 0 Å². The van der Waals surface area contributed by atoms with Crippen LogP contribution in [0.25, 0.3) is 0 Å². The quantitative estimate of drug-likeness (QED) is 0.113. The average Bonchev–Trinajstić information content (AvgIpc) is 1.60. The Bertz CT molecular complexity index is 1580. The maximum atomic E-state index is 4.93. The molecule has 0 heterocycles. The van der Waals surface area contributed by atoms with Crippen LogP contribution < -0.4 is 0 Å². The Morgan fingerprint density at radius 2 is 0.573 bits per heavy atom. The molecular formula is C96H196Cl8HfSiZr4. The number of unbranched alkanes of at least 4 members (excludes halogenated alkanes) is 3. The zero-order chi connectivity index (χ0) is 74.1. The summed E-state index contributed by atoms with van der Waals surface area (Å²) in [5, 5.41) is 0. The number of halogens is 8. The summed E-state index contributed by atoms with van der Waals surface area (Å²) >= 11 is -3.30. The first-order valence-electron chi connectivity index (χ1n) is 43.1. The van der Waals surface area contributed by atoms with Crippen LogP contribution in [0.5, 0.6) is 0 Å². The number of fused-ring (bicyclic) bond motifs is 2. The second kappa shape index (κ2) is 96.6. The normalized spacial score (nSPS) is 28.3. The fourth-order valence-electron chi connectivity index (χ4n) is 20.7. The predicted octanol–water partition coefficient (Wildman–Crippen LogP) is 40.1. The Kier molecular flexibility index (Phi) is 125. The summed E-state index contributed by atoms with van der Waals surface area (Å²) in [4.78, 5) is 0. The van der Waals surface area contributed by atoms with Gasteiger partial charge in [-0.25, -0.2) is 0 Å². The molecule has 16 unspecified atom stereocenters. The molecule has 0 aliphatic heterocycles. The molecule has 0 nitrogen and oxygen atoms in total. The summed E-state index contributed by atoms with van der Waals surface area (Å²) in [6.45, 7) is 35.8. The van der Waals surface area contributed by atoms with Gasteiger partial charge in [0, 0.05) is 0 Å². The average molecular weight is 2210 g/mol. The van der Waals surface area contributed by atoms with Crippen molar-refractivity contribution in [2.24, 2.45) is 101 Å². The molecule has 0 aromatic rings. The van der Waals surface area contributed by atoms with E-state index in [1.54, 1.807) is 77.0 Å². The topological polar surface area (TPSA) is 0 Å². The van der Waals surface area contributed by atoms with Crippen LogP contribution in [0.3, 0.4) is 0 Å². The Morgan fingerprint density at radius 1 is 0.309 bits per heavy atom. The summed E-state index contributed by atoms with van der Waals surface area (Å²) in [5.41, 5.74) is 2.40. The maximum absolute atomic E-state index is 4.93. The van der Waals surface area contributed by atoms with E-state index in [0.29, 0.717) is 0 Å². The standard InChI is InChI=1S/C20H36Si.2C10H20.C9H17.C9H18.2C8H16.2C6H11.CH4.9CH3.8ClH.Hf.4Zr/c1-21(2,19-13-11-15-7-3-5-9-17(15)19)20-14-12-16-8-4-6-10-18(16)20;2*1-3-4-5-10-7-6-9(2)8-10;1-6-5-7(2)9(4)8(6)3;1-2-3-6-9-7-4-5-8-9;2*1-2-5-8-6-3-4-7-8;2*1-6-4-2-3-5-6;;;;;;;;;;;;;;;;;;;;;;;/h15-20H,3-14H2,1-2H3;2*9-10H,3-8H2,1-2H3;5-9H,1-4H3;9H,2-8H2,1H3;2*8H,2-7H2,1H3;2*4,6H,2-3,5H2,1H3;1H4;9*1H3;8*1H;;;;;/q;;;-1;;;;2*-1;;9*-1;;;;;;;;;5*+4/p-8. The van der Waals surface area contributed by atoms with E-state index >= 15 is 0 Å². The molecule has 0 bridgehead atoms. The van der Waals surface area contributed by atoms with E-state index < -0.39 is 91.5 Å². The van der Waals surface area contributed by atoms with Crippen LogP contribution in [0.1, 0.15) is 412 Å². The van der Waals surface area contributed by atoms with Crippen LogP contribution in [-0.2, 0) is 109 Å². The van der Waals surface area contributed by atoms with Crippen molar-refractivity contribution in [2.45, 2.75) is 436 Å². The predicted molar refractivity (Wildman–Crippen MR) is 508 cm³/mol. The monoisotopic (exact) mass is 2200 g/mol. The van der Waals surface area contributed by atoms with Crippen molar-refractivity contribution in [3.63, 3.8) is 0 Å². The molecule has 0 N–H and O–H groups in total. The van der Waals surface area contributed by atoms with Crippen LogP contribution in [0.4, 0.5) is 0 Å². The third kappa shape index (κ3) is 70.1. The van der Waals surface area contributed by atoms with Gasteiger partial charge in [-0.2, -0.15) is 36.5 Å². The van der Waals surface area contributed by atoms with Gasteiger partial charge in [0.15, 0.2) is 0 Å². The van der Waals surface area contributed by atoms with Crippen LogP contribution in [0, 0.1) is 187 Å². The van der Waals surface area contributed by atoms with Crippen molar-refractivity contribution in [1.82, 2.24) is 0 Å². The summed E-state index contributed by atoms with van der Waals surface area (Å²) in [6.07, 6.45) is 80.8. The Morgan fingerprint density at radius 3 is 0.782 bits per heavy atom. The van der Waals surface area contributed by atoms with Crippen LogP contribution in [0.15, 0.2) is 0 Å². The van der Waals surface area contributed by atoms with Gasteiger partial charge in [-0.1, -0.05) is 411 Å². The largest absolute Gasteiger partial charge is 4.00 e. The van der Waals surface area contributed by atoms with Crippen molar-refractivity contribution in [1.29, 1.82) is 0 Å². The minimum Gasteiger partial charge on any atom is 4.00 e. The van der Waals surface area contributed by atoms with Crippen molar-refractivity contribution < 1.29 is 109 Å². The number of hydrogen-bond acceptors (Lipinski definition) is 0. The summed E-state index contributed by atoms with van der Waals surface area (Å²) in [7, 11) is 38.4. The smallest absolute Gasteiger partial charge is 4.00 e. The third-order valence-electron chi connectivity index (χ3n) is 26.9. The molecule has 14 heteroatoms. The van der Waals surface area contributed by atoms with Crippen LogP contribution in [0.2, 0.25) is 24.2 Å². The third-order valence-corrected chi connectivity index (χ3v) is 32.1.